The molecule has 0 N–H and O–H groups in total. The summed E-state index contributed by atoms with van der Waals surface area (Å²) in [6, 6.07) is 5.29. The van der Waals surface area contributed by atoms with Crippen LogP contribution in [-0.2, 0) is 9.53 Å². The van der Waals surface area contributed by atoms with Crippen LogP contribution in [0.1, 0.15) is 30.7 Å². The number of hydrogen-bond acceptors (Lipinski definition) is 5. The van der Waals surface area contributed by atoms with Gasteiger partial charge in [0.05, 0.1) is 23.1 Å². The van der Waals surface area contributed by atoms with Gasteiger partial charge in [-0.05, 0) is 25.5 Å². The van der Waals surface area contributed by atoms with E-state index in [0.717, 1.165) is 18.3 Å². The van der Waals surface area contributed by atoms with Gasteiger partial charge in [0.25, 0.3) is 0 Å². The predicted octanol–water partition coefficient (Wildman–Crippen LogP) is 2.00. The molecular weight excluding hydrogens is 248 g/mol. The lowest BCUT2D eigenvalue weighted by Crippen LogP contribution is -2.07. The fourth-order valence-corrected chi connectivity index (χ4v) is 1.94. The molecule has 6 heteroatoms. The van der Waals surface area contributed by atoms with E-state index in [1.54, 1.807) is 19.1 Å². The van der Waals surface area contributed by atoms with Crippen molar-refractivity contribution in [3.8, 4) is 0 Å². The van der Waals surface area contributed by atoms with E-state index in [1.165, 1.54) is 6.08 Å². The number of esters is 1. The molecule has 1 aliphatic carbocycles. The molecule has 0 radical (unpaired) electrons. The number of carbonyl (C=O) groups excluding carboxylic acids is 1. The van der Waals surface area contributed by atoms with E-state index in [0.29, 0.717) is 12.3 Å². The number of ether oxygens (including phenoxy) is 1. The van der Waals surface area contributed by atoms with Crippen LogP contribution in [0.15, 0.2) is 24.4 Å². The minimum atomic E-state index is -0.535. The fourth-order valence-electron chi connectivity index (χ4n) is 1.94. The van der Waals surface area contributed by atoms with Crippen LogP contribution in [0.2, 0.25) is 0 Å². The lowest BCUT2D eigenvalue weighted by molar-refractivity contribution is -0.401. The fraction of sp³-hybridized carbons (Fsp3) is 0.385. The maximum atomic E-state index is 11.5. The molecule has 100 valence electrons. The van der Waals surface area contributed by atoms with Crippen molar-refractivity contribution < 1.29 is 14.5 Å². The van der Waals surface area contributed by atoms with Crippen molar-refractivity contribution in [2.24, 2.45) is 5.92 Å². The Hall–Kier alpha value is -2.24. The molecule has 0 aromatic carbocycles. The van der Waals surface area contributed by atoms with Gasteiger partial charge < -0.3 is 4.74 Å². The zero-order chi connectivity index (χ0) is 13.8. The second-order valence-corrected chi connectivity index (χ2v) is 4.29. The van der Waals surface area contributed by atoms with Gasteiger partial charge in [0.15, 0.2) is 0 Å². The Labute approximate surface area is 110 Å². The van der Waals surface area contributed by atoms with Gasteiger partial charge in [-0.2, -0.15) is 0 Å². The van der Waals surface area contributed by atoms with E-state index < -0.39 is 4.92 Å². The summed E-state index contributed by atoms with van der Waals surface area (Å²) in [4.78, 5) is 25.5. The van der Waals surface area contributed by atoms with E-state index in [4.69, 9.17) is 4.74 Å². The Morgan fingerprint density at radius 2 is 2.42 bits per heavy atom. The molecule has 1 fully saturated rings. The smallest absolute Gasteiger partial charge is 0.309 e. The minimum absolute atomic E-state index is 0.0722. The molecule has 2 atom stereocenters. The Morgan fingerprint density at radius 3 is 3.11 bits per heavy atom. The molecule has 1 heterocycles. The van der Waals surface area contributed by atoms with Gasteiger partial charge in [-0.15, -0.1) is 0 Å². The summed E-state index contributed by atoms with van der Waals surface area (Å²) in [5, 5.41) is 10.2. The monoisotopic (exact) mass is 262 g/mol. The third-order valence-electron chi connectivity index (χ3n) is 2.92. The first kappa shape index (κ1) is 13.2. The number of carbonyl (C=O) groups is 1. The summed E-state index contributed by atoms with van der Waals surface area (Å²) >= 11 is 0. The summed E-state index contributed by atoms with van der Waals surface area (Å²) in [5.41, 5.74) is 1.30. The Kier molecular flexibility index (Phi) is 3.89. The van der Waals surface area contributed by atoms with Crippen LogP contribution in [0.3, 0.4) is 0 Å². The molecule has 0 bridgehead atoms. The second kappa shape index (κ2) is 5.60. The summed E-state index contributed by atoms with van der Waals surface area (Å²) in [6.07, 6.45) is 2.92. The van der Waals surface area contributed by atoms with Crippen LogP contribution < -0.4 is 0 Å². The van der Waals surface area contributed by atoms with Crippen LogP contribution in [0.5, 0.6) is 0 Å². The summed E-state index contributed by atoms with van der Waals surface area (Å²) in [7, 11) is 0. The van der Waals surface area contributed by atoms with Gasteiger partial charge in [0.2, 0.25) is 6.20 Å². The van der Waals surface area contributed by atoms with Gasteiger partial charge in [-0.3, -0.25) is 19.9 Å². The Balaban J connectivity index is 2.05. The second-order valence-electron chi connectivity index (χ2n) is 4.29. The first-order chi connectivity index (χ1) is 9.11. The molecule has 0 amide bonds. The summed E-state index contributed by atoms with van der Waals surface area (Å²) in [5.74, 6) is -0.245. The molecule has 0 spiro atoms. The normalized spacial score (nSPS) is 21.3. The summed E-state index contributed by atoms with van der Waals surface area (Å²) < 4.78 is 4.96. The van der Waals surface area contributed by atoms with Gasteiger partial charge in [0, 0.05) is 17.7 Å². The minimum Gasteiger partial charge on any atom is -0.466 e. The molecule has 19 heavy (non-hydrogen) atoms. The lowest BCUT2D eigenvalue weighted by Gasteiger charge is -2.01. The van der Waals surface area contributed by atoms with E-state index in [2.05, 4.69) is 4.98 Å². The van der Waals surface area contributed by atoms with Crippen molar-refractivity contribution in [2.75, 3.05) is 6.61 Å². The van der Waals surface area contributed by atoms with Gasteiger partial charge in [0.1, 0.15) is 0 Å². The van der Waals surface area contributed by atoms with Crippen LogP contribution >= 0.6 is 0 Å². The highest BCUT2D eigenvalue weighted by Crippen LogP contribution is 2.47. The molecule has 0 aliphatic heterocycles. The van der Waals surface area contributed by atoms with Crippen molar-refractivity contribution in [3.63, 3.8) is 0 Å². The largest absolute Gasteiger partial charge is 0.466 e. The molecule has 0 saturated heterocycles. The Bertz CT molecular complexity index is 527. The van der Waals surface area contributed by atoms with Crippen LogP contribution in [0, 0.1) is 16.0 Å². The molecule has 6 nitrogen and oxygen atoms in total. The third-order valence-corrected chi connectivity index (χ3v) is 2.92. The number of aromatic nitrogens is 1. The summed E-state index contributed by atoms with van der Waals surface area (Å²) in [6.45, 7) is 2.15. The standard InChI is InChI=1S/C13H14N2O4/c1-2-19-13(16)11-8-10(11)12-5-3-4-9(14-12)6-7-15(17)18/h3-7,10-11H,2,8H2,1H3/b7-6+. The van der Waals surface area contributed by atoms with Crippen molar-refractivity contribution in [3.05, 3.63) is 45.9 Å². The quantitative estimate of drug-likeness (QED) is 0.460. The topological polar surface area (TPSA) is 82.3 Å². The van der Waals surface area contributed by atoms with Crippen molar-refractivity contribution in [1.82, 2.24) is 4.98 Å². The van der Waals surface area contributed by atoms with Crippen molar-refractivity contribution in [1.29, 1.82) is 0 Å². The number of hydrogen-bond donors (Lipinski definition) is 0. The zero-order valence-electron chi connectivity index (χ0n) is 10.5. The SMILES string of the molecule is CCOC(=O)C1CC1c1cccc(/C=C/[N+](=O)[O-])n1. The molecule has 1 aromatic heterocycles. The third kappa shape index (κ3) is 3.37. The first-order valence-corrected chi connectivity index (χ1v) is 6.07. The van der Waals surface area contributed by atoms with Crippen molar-refractivity contribution >= 4 is 12.0 Å². The molecular formula is C13H14N2O4. The van der Waals surface area contributed by atoms with Crippen LogP contribution in [0.4, 0.5) is 0 Å². The first-order valence-electron chi connectivity index (χ1n) is 6.07. The molecule has 1 aromatic rings. The highest BCUT2D eigenvalue weighted by atomic mass is 16.6. The number of nitro groups is 1. The van der Waals surface area contributed by atoms with E-state index in [1.807, 2.05) is 6.07 Å². The van der Waals surface area contributed by atoms with E-state index in [-0.39, 0.29) is 17.8 Å². The van der Waals surface area contributed by atoms with Gasteiger partial charge in [-0.25, -0.2) is 0 Å². The zero-order valence-corrected chi connectivity index (χ0v) is 10.5. The van der Waals surface area contributed by atoms with Crippen molar-refractivity contribution in [2.45, 2.75) is 19.3 Å². The van der Waals surface area contributed by atoms with Gasteiger partial charge >= 0.3 is 5.97 Å². The molecule has 1 aliphatic rings. The highest BCUT2D eigenvalue weighted by molar-refractivity contribution is 5.77. The number of pyridine rings is 1. The van der Waals surface area contributed by atoms with Crippen LogP contribution in [0.25, 0.3) is 6.08 Å². The van der Waals surface area contributed by atoms with Crippen LogP contribution in [-0.4, -0.2) is 22.5 Å². The molecule has 2 rings (SSSR count). The molecule has 2 unspecified atom stereocenters. The predicted molar refractivity (Wildman–Crippen MR) is 67.7 cm³/mol. The average Bonchev–Trinajstić information content (AvgIpc) is 3.17. The maximum absolute atomic E-state index is 11.5. The highest BCUT2D eigenvalue weighted by Gasteiger charge is 2.46. The van der Waals surface area contributed by atoms with E-state index in [9.17, 15) is 14.9 Å². The number of nitrogens with zero attached hydrogens (tertiary/aromatic N) is 2. The number of rotatable bonds is 5. The van der Waals surface area contributed by atoms with Gasteiger partial charge in [-0.1, -0.05) is 6.07 Å². The Morgan fingerprint density at radius 1 is 1.63 bits per heavy atom. The lowest BCUT2D eigenvalue weighted by atomic mass is 10.2. The molecule has 1 saturated carbocycles. The van der Waals surface area contributed by atoms with E-state index >= 15 is 0 Å². The average molecular weight is 262 g/mol. The maximum Gasteiger partial charge on any atom is 0.309 e.